The molecule has 1 aliphatic heterocycles. The minimum Gasteiger partial charge on any atom is -0.310 e. The third-order valence-electron chi connectivity index (χ3n) is 3.03. The summed E-state index contributed by atoms with van der Waals surface area (Å²) in [6.45, 7) is 8.86. The van der Waals surface area contributed by atoms with Gasteiger partial charge in [-0.05, 0) is 39.4 Å². The Balaban J connectivity index is 1.98. The van der Waals surface area contributed by atoms with Gasteiger partial charge in [-0.2, -0.15) is 5.10 Å². The predicted molar refractivity (Wildman–Crippen MR) is 65.2 cm³/mol. The average Bonchev–Trinajstić information content (AvgIpc) is 2.49. The number of hydrogen-bond acceptors (Lipinski definition) is 3. The Hall–Kier alpha value is -0.870. The van der Waals surface area contributed by atoms with Crippen LogP contribution in [0, 0.1) is 0 Å². The Labute approximate surface area is 97.6 Å². The van der Waals surface area contributed by atoms with E-state index in [1.54, 1.807) is 0 Å². The van der Waals surface area contributed by atoms with Crippen molar-refractivity contribution in [2.45, 2.75) is 32.4 Å². The molecule has 1 aromatic heterocycles. The maximum atomic E-state index is 4.44. The minimum atomic E-state index is 0.214. The Kier molecular flexibility index (Phi) is 3.30. The fourth-order valence-corrected chi connectivity index (χ4v) is 2.33. The summed E-state index contributed by atoms with van der Waals surface area (Å²) in [6, 6.07) is 2.10. The van der Waals surface area contributed by atoms with Crippen LogP contribution in [0.4, 0.5) is 0 Å². The Morgan fingerprint density at radius 1 is 1.50 bits per heavy atom. The van der Waals surface area contributed by atoms with E-state index < -0.39 is 0 Å². The van der Waals surface area contributed by atoms with Crippen molar-refractivity contribution in [3.63, 3.8) is 0 Å². The smallest absolute Gasteiger partial charge is 0.0764 e. The van der Waals surface area contributed by atoms with Crippen LogP contribution in [0.1, 0.15) is 26.0 Å². The Bertz CT molecular complexity index is 343. The molecule has 4 heteroatoms. The number of nitrogens with zero attached hydrogens (tertiary/aromatic N) is 3. The summed E-state index contributed by atoms with van der Waals surface area (Å²) in [7, 11) is 1.97. The molecule has 4 nitrogen and oxygen atoms in total. The summed E-state index contributed by atoms with van der Waals surface area (Å²) in [6.07, 6.45) is 3.23. The van der Waals surface area contributed by atoms with Crippen molar-refractivity contribution < 1.29 is 0 Å². The third kappa shape index (κ3) is 3.06. The minimum absolute atomic E-state index is 0.214. The van der Waals surface area contributed by atoms with Gasteiger partial charge in [0.25, 0.3) is 0 Å². The molecule has 0 aliphatic carbocycles. The molecule has 0 amide bonds. The van der Waals surface area contributed by atoms with E-state index in [9.17, 15) is 0 Å². The highest BCUT2D eigenvalue weighted by Crippen LogP contribution is 2.12. The van der Waals surface area contributed by atoms with Crippen LogP contribution in [-0.2, 0) is 13.6 Å². The number of nitrogens with one attached hydrogen (secondary N) is 1. The van der Waals surface area contributed by atoms with Crippen molar-refractivity contribution in [3.05, 3.63) is 18.0 Å². The van der Waals surface area contributed by atoms with E-state index in [0.29, 0.717) is 0 Å². The van der Waals surface area contributed by atoms with Crippen molar-refractivity contribution >= 4 is 0 Å². The van der Waals surface area contributed by atoms with Crippen LogP contribution in [0.25, 0.3) is 0 Å². The standard InChI is InChI=1S/C12H22N4/c1-12(2)10-16(7-4-6-13-12)9-11-5-8-15(3)14-11/h5,8,13H,4,6-7,9-10H2,1-3H3. The molecule has 0 atom stereocenters. The van der Waals surface area contributed by atoms with E-state index >= 15 is 0 Å². The SMILES string of the molecule is Cn1ccc(CN2CCCNC(C)(C)C2)n1. The zero-order valence-electron chi connectivity index (χ0n) is 10.5. The van der Waals surface area contributed by atoms with Gasteiger partial charge in [-0.3, -0.25) is 9.58 Å². The van der Waals surface area contributed by atoms with E-state index in [0.717, 1.165) is 26.2 Å². The van der Waals surface area contributed by atoms with Crippen molar-refractivity contribution in [1.82, 2.24) is 20.0 Å². The van der Waals surface area contributed by atoms with Crippen LogP contribution in [0.2, 0.25) is 0 Å². The number of aryl methyl sites for hydroxylation is 1. The number of rotatable bonds is 2. The lowest BCUT2D eigenvalue weighted by molar-refractivity contribution is 0.221. The highest BCUT2D eigenvalue weighted by Gasteiger charge is 2.24. The summed E-state index contributed by atoms with van der Waals surface area (Å²) in [5.41, 5.74) is 1.38. The summed E-state index contributed by atoms with van der Waals surface area (Å²) in [5.74, 6) is 0. The molecule has 1 fully saturated rings. The average molecular weight is 222 g/mol. The van der Waals surface area contributed by atoms with Gasteiger partial charge in [0.2, 0.25) is 0 Å². The van der Waals surface area contributed by atoms with Gasteiger partial charge in [-0.15, -0.1) is 0 Å². The van der Waals surface area contributed by atoms with E-state index in [-0.39, 0.29) is 5.54 Å². The maximum Gasteiger partial charge on any atom is 0.0764 e. The molecular formula is C12H22N4. The molecule has 0 saturated carbocycles. The second-order valence-corrected chi connectivity index (χ2v) is 5.36. The Morgan fingerprint density at radius 2 is 2.31 bits per heavy atom. The first-order valence-electron chi connectivity index (χ1n) is 6.01. The van der Waals surface area contributed by atoms with Crippen LogP contribution in [0.15, 0.2) is 12.3 Å². The molecule has 0 radical (unpaired) electrons. The van der Waals surface area contributed by atoms with Gasteiger partial charge < -0.3 is 5.32 Å². The molecule has 0 bridgehead atoms. The zero-order valence-corrected chi connectivity index (χ0v) is 10.5. The summed E-state index contributed by atoms with van der Waals surface area (Å²) in [4.78, 5) is 2.49. The van der Waals surface area contributed by atoms with Crippen molar-refractivity contribution in [1.29, 1.82) is 0 Å². The van der Waals surface area contributed by atoms with Crippen molar-refractivity contribution in [2.24, 2.45) is 7.05 Å². The molecule has 0 unspecified atom stereocenters. The van der Waals surface area contributed by atoms with E-state index in [1.807, 2.05) is 17.9 Å². The highest BCUT2D eigenvalue weighted by molar-refractivity contribution is 4.99. The highest BCUT2D eigenvalue weighted by atomic mass is 15.3. The molecule has 0 aromatic carbocycles. The van der Waals surface area contributed by atoms with Gasteiger partial charge in [0.15, 0.2) is 0 Å². The molecule has 16 heavy (non-hydrogen) atoms. The maximum absolute atomic E-state index is 4.44. The molecule has 2 heterocycles. The topological polar surface area (TPSA) is 33.1 Å². The van der Waals surface area contributed by atoms with Gasteiger partial charge in [0.05, 0.1) is 5.69 Å². The van der Waals surface area contributed by atoms with Gasteiger partial charge in [0, 0.05) is 31.9 Å². The number of aromatic nitrogens is 2. The summed E-state index contributed by atoms with van der Waals surface area (Å²) in [5, 5.41) is 8.01. The van der Waals surface area contributed by atoms with Crippen LogP contribution in [0.3, 0.4) is 0 Å². The quantitative estimate of drug-likeness (QED) is 0.810. The molecule has 2 rings (SSSR count). The fourth-order valence-electron chi connectivity index (χ4n) is 2.33. The molecule has 1 saturated heterocycles. The van der Waals surface area contributed by atoms with Gasteiger partial charge in [-0.25, -0.2) is 0 Å². The molecule has 0 spiro atoms. The van der Waals surface area contributed by atoms with Crippen LogP contribution < -0.4 is 5.32 Å². The third-order valence-corrected chi connectivity index (χ3v) is 3.03. The van der Waals surface area contributed by atoms with E-state index in [4.69, 9.17) is 0 Å². The fraction of sp³-hybridized carbons (Fsp3) is 0.750. The van der Waals surface area contributed by atoms with Crippen LogP contribution in [0.5, 0.6) is 0 Å². The molecule has 90 valence electrons. The molecule has 1 aliphatic rings. The predicted octanol–water partition coefficient (Wildman–Crippen LogP) is 0.994. The van der Waals surface area contributed by atoms with Gasteiger partial charge >= 0.3 is 0 Å². The van der Waals surface area contributed by atoms with Crippen molar-refractivity contribution in [3.8, 4) is 0 Å². The van der Waals surface area contributed by atoms with Gasteiger partial charge in [0.1, 0.15) is 0 Å². The van der Waals surface area contributed by atoms with E-state index in [2.05, 4.69) is 35.2 Å². The first kappa shape index (κ1) is 11.6. The lowest BCUT2D eigenvalue weighted by Crippen LogP contribution is -2.46. The molecule has 1 aromatic rings. The Morgan fingerprint density at radius 3 is 3.00 bits per heavy atom. The number of hydrogen-bond donors (Lipinski definition) is 1. The lowest BCUT2D eigenvalue weighted by atomic mass is 10.1. The van der Waals surface area contributed by atoms with Crippen LogP contribution >= 0.6 is 0 Å². The lowest BCUT2D eigenvalue weighted by Gasteiger charge is -2.29. The first-order valence-corrected chi connectivity index (χ1v) is 6.01. The second kappa shape index (κ2) is 4.55. The van der Waals surface area contributed by atoms with E-state index in [1.165, 1.54) is 12.1 Å². The molecule has 1 N–H and O–H groups in total. The monoisotopic (exact) mass is 222 g/mol. The van der Waals surface area contributed by atoms with Crippen LogP contribution in [-0.4, -0.2) is 39.9 Å². The summed E-state index contributed by atoms with van der Waals surface area (Å²) < 4.78 is 1.87. The van der Waals surface area contributed by atoms with Crippen molar-refractivity contribution in [2.75, 3.05) is 19.6 Å². The largest absolute Gasteiger partial charge is 0.310 e. The normalized spacial score (nSPS) is 21.9. The molecular weight excluding hydrogens is 200 g/mol. The first-order chi connectivity index (χ1) is 7.55. The summed E-state index contributed by atoms with van der Waals surface area (Å²) >= 11 is 0. The van der Waals surface area contributed by atoms with Gasteiger partial charge in [-0.1, -0.05) is 0 Å². The second-order valence-electron chi connectivity index (χ2n) is 5.36. The zero-order chi connectivity index (χ0) is 11.6.